The zero-order valence-corrected chi connectivity index (χ0v) is 15.0. The number of ketones is 1. The monoisotopic (exact) mass is 329 g/mol. The number of halogens is 1. The zero-order valence-electron chi connectivity index (χ0n) is 14.2. The lowest BCUT2D eigenvalue weighted by atomic mass is 10.0. The van der Waals surface area contributed by atoms with Crippen LogP contribution in [0.2, 0.25) is 0 Å². The first kappa shape index (κ1) is 20.7. The van der Waals surface area contributed by atoms with E-state index in [-0.39, 0.29) is 24.2 Å². The van der Waals surface area contributed by atoms with E-state index >= 15 is 0 Å². The summed E-state index contributed by atoms with van der Waals surface area (Å²) in [6.07, 6.45) is 2.30. The molecule has 0 aliphatic rings. The van der Waals surface area contributed by atoms with Crippen molar-refractivity contribution in [2.24, 2.45) is 0 Å². The number of unbranched alkanes of at least 4 members (excludes halogenated alkanes) is 1. The molecule has 0 aliphatic carbocycles. The van der Waals surface area contributed by atoms with E-state index in [1.807, 2.05) is 13.0 Å². The van der Waals surface area contributed by atoms with Crippen LogP contribution in [0.25, 0.3) is 0 Å². The summed E-state index contributed by atoms with van der Waals surface area (Å²) in [5.41, 5.74) is 0.683. The minimum atomic E-state index is -0.0420. The minimum Gasteiger partial charge on any atom is -1.00 e. The second-order valence-electron chi connectivity index (χ2n) is 5.27. The van der Waals surface area contributed by atoms with Gasteiger partial charge in [0.1, 0.15) is 6.04 Å². The summed E-state index contributed by atoms with van der Waals surface area (Å²) in [5, 5.41) is 0. The van der Waals surface area contributed by atoms with Crippen molar-refractivity contribution in [3.8, 4) is 11.5 Å². The van der Waals surface area contributed by atoms with Crippen LogP contribution in [0, 0.1) is 0 Å². The Morgan fingerprint density at radius 2 is 1.82 bits per heavy atom. The van der Waals surface area contributed by atoms with Crippen molar-refractivity contribution in [3.63, 3.8) is 0 Å². The molecule has 126 valence electrons. The average molecular weight is 330 g/mol. The second kappa shape index (κ2) is 10.5. The van der Waals surface area contributed by atoms with E-state index in [2.05, 4.69) is 13.8 Å². The van der Waals surface area contributed by atoms with Crippen molar-refractivity contribution in [1.82, 2.24) is 0 Å². The van der Waals surface area contributed by atoms with Crippen LogP contribution < -0.4 is 26.8 Å². The van der Waals surface area contributed by atoms with E-state index in [0.29, 0.717) is 17.1 Å². The highest BCUT2D eigenvalue weighted by Gasteiger charge is 2.25. The number of quaternary nitrogens is 1. The molecule has 0 saturated carbocycles. The normalized spacial score (nSPS) is 13.0. The Morgan fingerprint density at radius 3 is 2.32 bits per heavy atom. The molecule has 0 saturated heterocycles. The number of carbonyl (C=O) groups excluding carboxylic acids is 1. The van der Waals surface area contributed by atoms with E-state index in [0.717, 1.165) is 25.9 Å². The number of carbonyl (C=O) groups is 1. The third kappa shape index (κ3) is 5.18. The van der Waals surface area contributed by atoms with Crippen LogP contribution in [-0.4, -0.2) is 39.1 Å². The molecule has 1 N–H and O–H groups in total. The van der Waals surface area contributed by atoms with Gasteiger partial charge < -0.3 is 26.8 Å². The summed E-state index contributed by atoms with van der Waals surface area (Å²) >= 11 is 0. The number of rotatable bonds is 9. The van der Waals surface area contributed by atoms with Crippen LogP contribution in [0.15, 0.2) is 18.2 Å². The van der Waals surface area contributed by atoms with Crippen molar-refractivity contribution in [3.05, 3.63) is 23.8 Å². The highest BCUT2D eigenvalue weighted by molar-refractivity contribution is 5.99. The molecule has 0 fully saturated rings. The third-order valence-electron chi connectivity index (χ3n) is 3.98. The molecule has 2 atom stereocenters. The van der Waals surface area contributed by atoms with E-state index in [1.165, 1.54) is 4.90 Å². The van der Waals surface area contributed by atoms with E-state index in [4.69, 9.17) is 9.47 Å². The maximum Gasteiger partial charge on any atom is 0.219 e. The fourth-order valence-electron chi connectivity index (χ4n) is 2.53. The van der Waals surface area contributed by atoms with Gasteiger partial charge in [-0.2, -0.15) is 0 Å². The Morgan fingerprint density at radius 1 is 1.18 bits per heavy atom. The molecule has 1 aromatic rings. The minimum absolute atomic E-state index is 0. The predicted molar refractivity (Wildman–Crippen MR) is 84.6 cm³/mol. The van der Waals surface area contributed by atoms with Crippen molar-refractivity contribution in [2.75, 3.05) is 27.3 Å². The number of benzene rings is 1. The highest BCUT2D eigenvalue weighted by Crippen LogP contribution is 2.27. The summed E-state index contributed by atoms with van der Waals surface area (Å²) in [6.45, 7) is 8.30. The fraction of sp³-hybridized carbons (Fsp3) is 0.588. The zero-order chi connectivity index (χ0) is 15.8. The number of nitrogens with one attached hydrogen (secondary N) is 1. The molecule has 5 heteroatoms. The van der Waals surface area contributed by atoms with Crippen molar-refractivity contribution in [2.45, 2.75) is 39.7 Å². The molecule has 2 unspecified atom stereocenters. The molecule has 1 aromatic carbocycles. The number of methoxy groups -OCH3 is 2. The van der Waals surface area contributed by atoms with Crippen molar-refractivity contribution < 1.29 is 31.6 Å². The summed E-state index contributed by atoms with van der Waals surface area (Å²) < 4.78 is 10.5. The smallest absolute Gasteiger partial charge is 0.219 e. The van der Waals surface area contributed by atoms with Gasteiger partial charge in [-0.25, -0.2) is 0 Å². The van der Waals surface area contributed by atoms with Crippen molar-refractivity contribution >= 4 is 5.78 Å². The Balaban J connectivity index is 0.00000441. The van der Waals surface area contributed by atoms with Gasteiger partial charge in [0.2, 0.25) is 5.78 Å². The molecule has 0 aliphatic heterocycles. The molecular formula is C17H28ClNO3. The maximum atomic E-state index is 12.7. The molecule has 0 aromatic heterocycles. The first-order valence-corrected chi connectivity index (χ1v) is 7.69. The summed E-state index contributed by atoms with van der Waals surface area (Å²) in [6, 6.07) is 5.33. The van der Waals surface area contributed by atoms with E-state index < -0.39 is 0 Å². The highest BCUT2D eigenvalue weighted by atomic mass is 35.5. The molecular weight excluding hydrogens is 302 g/mol. The molecule has 22 heavy (non-hydrogen) atoms. The van der Waals surface area contributed by atoms with Crippen LogP contribution >= 0.6 is 0 Å². The quantitative estimate of drug-likeness (QED) is 0.590. The summed E-state index contributed by atoms with van der Waals surface area (Å²) in [4.78, 5) is 14.0. The van der Waals surface area contributed by atoms with Gasteiger partial charge in [-0.15, -0.1) is 0 Å². The lowest BCUT2D eigenvalue weighted by Crippen LogP contribution is -3.16. The largest absolute Gasteiger partial charge is 1.00 e. The third-order valence-corrected chi connectivity index (χ3v) is 3.98. The lowest BCUT2D eigenvalue weighted by molar-refractivity contribution is -0.912. The second-order valence-corrected chi connectivity index (χ2v) is 5.27. The van der Waals surface area contributed by atoms with Gasteiger partial charge in [-0.05, 0) is 38.5 Å². The Hall–Kier alpha value is -1.26. The van der Waals surface area contributed by atoms with E-state index in [1.54, 1.807) is 26.4 Å². The number of hydrogen-bond acceptors (Lipinski definition) is 3. The predicted octanol–water partition coefficient (Wildman–Crippen LogP) is -1.02. The molecule has 0 bridgehead atoms. The first-order chi connectivity index (χ1) is 10.1. The molecule has 0 heterocycles. The van der Waals surface area contributed by atoms with E-state index in [9.17, 15) is 4.79 Å². The van der Waals surface area contributed by atoms with Gasteiger partial charge in [0, 0.05) is 5.56 Å². The van der Waals surface area contributed by atoms with Gasteiger partial charge in [-0.3, -0.25) is 4.79 Å². The van der Waals surface area contributed by atoms with Crippen LogP contribution in [0.1, 0.15) is 44.0 Å². The molecule has 4 nitrogen and oxygen atoms in total. The van der Waals surface area contributed by atoms with Crippen LogP contribution in [0.3, 0.4) is 0 Å². The maximum absolute atomic E-state index is 12.7. The summed E-state index contributed by atoms with van der Waals surface area (Å²) in [5.74, 6) is 1.40. The molecule has 0 spiro atoms. The SMILES string of the molecule is CCCC[NH+](CC)C(C)C(=O)c1ccc(OC)c(OC)c1.[Cl-]. The number of hydrogen-bond donors (Lipinski definition) is 1. The Bertz CT molecular complexity index is 465. The molecule has 1 rings (SSSR count). The van der Waals surface area contributed by atoms with Crippen LogP contribution in [-0.2, 0) is 0 Å². The van der Waals surface area contributed by atoms with Gasteiger partial charge in [0.15, 0.2) is 11.5 Å². The summed E-state index contributed by atoms with van der Waals surface area (Å²) in [7, 11) is 3.18. The average Bonchev–Trinajstić information content (AvgIpc) is 2.53. The van der Waals surface area contributed by atoms with Gasteiger partial charge >= 0.3 is 0 Å². The molecule has 0 radical (unpaired) electrons. The number of Topliss-reactive ketones (excluding diaryl/α,β-unsaturated/α-hetero) is 1. The standard InChI is InChI=1S/C17H27NO3.ClH/c1-6-8-11-18(7-2)13(3)17(19)14-9-10-15(20-4)16(12-14)21-5;/h9-10,12-13H,6-8,11H2,1-5H3;1H. The van der Waals surface area contributed by atoms with Crippen molar-refractivity contribution in [1.29, 1.82) is 0 Å². The Labute approximate surface area is 140 Å². The molecule has 0 amide bonds. The van der Waals surface area contributed by atoms with Gasteiger partial charge in [0.25, 0.3) is 0 Å². The lowest BCUT2D eigenvalue weighted by Gasteiger charge is -2.24. The number of likely N-dealkylation sites (N-methyl/N-ethyl adjacent to an activating group) is 1. The topological polar surface area (TPSA) is 40.0 Å². The fourth-order valence-corrected chi connectivity index (χ4v) is 2.53. The van der Waals surface area contributed by atoms with Crippen LogP contribution in [0.4, 0.5) is 0 Å². The number of ether oxygens (including phenoxy) is 2. The Kier molecular flexibility index (Phi) is 9.86. The first-order valence-electron chi connectivity index (χ1n) is 7.69. The van der Waals surface area contributed by atoms with Gasteiger partial charge in [-0.1, -0.05) is 13.3 Å². The van der Waals surface area contributed by atoms with Gasteiger partial charge in [0.05, 0.1) is 27.3 Å². The van der Waals surface area contributed by atoms with Crippen LogP contribution in [0.5, 0.6) is 11.5 Å².